The van der Waals surface area contributed by atoms with Gasteiger partial charge in [0.05, 0.1) is 17.9 Å². The van der Waals surface area contributed by atoms with Gasteiger partial charge in [0, 0.05) is 23.1 Å². The Labute approximate surface area is 145 Å². The van der Waals surface area contributed by atoms with E-state index in [0.717, 1.165) is 0 Å². The number of benzene rings is 2. The number of anilines is 1. The van der Waals surface area contributed by atoms with Crippen molar-refractivity contribution in [3.63, 3.8) is 0 Å². The molecule has 0 aliphatic rings. The summed E-state index contributed by atoms with van der Waals surface area (Å²) in [5.74, 6) is 0.491. The van der Waals surface area contributed by atoms with Crippen molar-refractivity contribution >= 4 is 22.4 Å². The molecule has 1 heterocycles. The van der Waals surface area contributed by atoms with Crippen molar-refractivity contribution in [2.75, 3.05) is 5.32 Å². The largest absolute Gasteiger partial charge is 0.363 e. The maximum absolute atomic E-state index is 14.5. The van der Waals surface area contributed by atoms with E-state index in [0.29, 0.717) is 28.6 Å². The first-order valence-electron chi connectivity index (χ1n) is 8.22. The highest BCUT2D eigenvalue weighted by molar-refractivity contribution is 5.89. The van der Waals surface area contributed by atoms with Gasteiger partial charge in [0.1, 0.15) is 17.5 Å². The third-order valence-electron chi connectivity index (χ3n) is 3.95. The van der Waals surface area contributed by atoms with E-state index >= 15 is 0 Å². The van der Waals surface area contributed by atoms with Crippen LogP contribution in [0, 0.1) is 29.8 Å². The lowest BCUT2D eigenvalue weighted by Gasteiger charge is -2.18. The van der Waals surface area contributed by atoms with Gasteiger partial charge in [-0.1, -0.05) is 12.1 Å². The summed E-state index contributed by atoms with van der Waals surface area (Å²) in [4.78, 5) is 19.2. The number of rotatable bonds is 4. The average Bonchev–Trinajstić information content (AvgIpc) is 2.57. The molecule has 1 unspecified atom stereocenters. The van der Waals surface area contributed by atoms with Crippen molar-refractivity contribution in [3.05, 3.63) is 69.3 Å². The summed E-state index contributed by atoms with van der Waals surface area (Å²) in [7, 11) is 0. The van der Waals surface area contributed by atoms with Crippen molar-refractivity contribution in [1.29, 1.82) is 0 Å². The number of nitrogens with one attached hydrogen (secondary N) is 1. The SMILES string of the molecule is [2H]c1ccc2nc(C)nc(NC(C)c3cc([N+](=O)[O-])cc(C)c3F)c2c1. The number of nitro benzene ring substituents is 1. The molecule has 0 radical (unpaired) electrons. The Morgan fingerprint density at radius 1 is 1.32 bits per heavy atom. The fourth-order valence-electron chi connectivity index (χ4n) is 2.72. The van der Waals surface area contributed by atoms with Gasteiger partial charge in [-0.3, -0.25) is 10.1 Å². The van der Waals surface area contributed by atoms with Crippen LogP contribution in [-0.4, -0.2) is 14.9 Å². The molecule has 6 nitrogen and oxygen atoms in total. The van der Waals surface area contributed by atoms with E-state index in [-0.39, 0.29) is 16.8 Å². The number of halogens is 1. The van der Waals surface area contributed by atoms with E-state index in [9.17, 15) is 14.5 Å². The van der Waals surface area contributed by atoms with E-state index in [1.807, 2.05) is 0 Å². The van der Waals surface area contributed by atoms with Crippen LogP contribution in [0.15, 0.2) is 36.4 Å². The molecule has 0 saturated carbocycles. The van der Waals surface area contributed by atoms with Crippen molar-refractivity contribution in [2.24, 2.45) is 0 Å². The van der Waals surface area contributed by atoms with E-state index in [4.69, 9.17) is 1.37 Å². The van der Waals surface area contributed by atoms with Gasteiger partial charge in [0.25, 0.3) is 5.69 Å². The molecule has 0 amide bonds. The number of aromatic nitrogens is 2. The van der Waals surface area contributed by atoms with Crippen LogP contribution in [0.1, 0.15) is 31.3 Å². The zero-order valence-corrected chi connectivity index (χ0v) is 14.0. The molecule has 0 aliphatic carbocycles. The Hall–Kier alpha value is -3.09. The molecular formula is C18H17FN4O2. The Bertz CT molecular complexity index is 1030. The predicted molar refractivity (Wildman–Crippen MR) is 94.1 cm³/mol. The Morgan fingerprint density at radius 3 is 2.80 bits per heavy atom. The zero-order valence-electron chi connectivity index (χ0n) is 15.0. The van der Waals surface area contributed by atoms with E-state index in [1.54, 1.807) is 32.0 Å². The summed E-state index contributed by atoms with van der Waals surface area (Å²) in [5, 5.41) is 14.8. The zero-order chi connectivity index (χ0) is 19.0. The average molecular weight is 341 g/mol. The van der Waals surface area contributed by atoms with Crippen molar-refractivity contribution in [2.45, 2.75) is 26.8 Å². The minimum absolute atomic E-state index is 0.162. The molecule has 0 spiro atoms. The Morgan fingerprint density at radius 2 is 2.08 bits per heavy atom. The molecule has 0 fully saturated rings. The van der Waals surface area contributed by atoms with Crippen molar-refractivity contribution < 1.29 is 10.7 Å². The second kappa shape index (κ2) is 6.43. The highest BCUT2D eigenvalue weighted by atomic mass is 19.1. The fraction of sp³-hybridized carbons (Fsp3) is 0.222. The molecule has 1 aromatic heterocycles. The van der Waals surface area contributed by atoms with E-state index in [2.05, 4.69) is 15.3 Å². The molecule has 7 heteroatoms. The second-order valence-corrected chi connectivity index (χ2v) is 5.85. The van der Waals surface area contributed by atoms with Crippen LogP contribution in [-0.2, 0) is 0 Å². The summed E-state index contributed by atoms with van der Waals surface area (Å²) < 4.78 is 22.3. The summed E-state index contributed by atoms with van der Waals surface area (Å²) >= 11 is 0. The first-order chi connectivity index (χ1) is 12.3. The fourth-order valence-corrected chi connectivity index (χ4v) is 2.72. The number of aryl methyl sites for hydroxylation is 2. The van der Waals surface area contributed by atoms with Gasteiger partial charge >= 0.3 is 0 Å². The minimum Gasteiger partial charge on any atom is -0.363 e. The van der Waals surface area contributed by atoms with Crippen LogP contribution in [0.2, 0.25) is 0 Å². The lowest BCUT2D eigenvalue weighted by atomic mass is 10.0. The lowest BCUT2D eigenvalue weighted by Crippen LogP contribution is -2.12. The molecular weight excluding hydrogens is 323 g/mol. The standard InChI is InChI=1S/C18H17FN4O2/c1-10-8-13(23(24)25)9-15(17(10)19)11(2)20-18-14-6-4-5-7-16(14)21-12(3)22-18/h4-9,11H,1-3H3,(H,20,21,22)/i4D. The lowest BCUT2D eigenvalue weighted by molar-refractivity contribution is -0.385. The van der Waals surface area contributed by atoms with Crippen LogP contribution in [0.4, 0.5) is 15.9 Å². The maximum Gasteiger partial charge on any atom is 0.270 e. The summed E-state index contributed by atoms with van der Waals surface area (Å²) in [6.45, 7) is 4.94. The van der Waals surface area contributed by atoms with E-state index < -0.39 is 16.8 Å². The molecule has 0 aliphatic heterocycles. The highest BCUT2D eigenvalue weighted by Gasteiger charge is 2.20. The number of non-ortho nitro benzene ring substituents is 1. The van der Waals surface area contributed by atoms with Crippen LogP contribution >= 0.6 is 0 Å². The number of hydrogen-bond donors (Lipinski definition) is 1. The molecule has 3 aromatic rings. The molecule has 0 bridgehead atoms. The number of nitro groups is 1. The molecule has 1 atom stereocenters. The molecule has 25 heavy (non-hydrogen) atoms. The van der Waals surface area contributed by atoms with Crippen LogP contribution in [0.3, 0.4) is 0 Å². The second-order valence-electron chi connectivity index (χ2n) is 5.85. The number of fused-ring (bicyclic) bond motifs is 1. The first-order valence-corrected chi connectivity index (χ1v) is 7.72. The van der Waals surface area contributed by atoms with Crippen LogP contribution in [0.25, 0.3) is 10.9 Å². The van der Waals surface area contributed by atoms with Crippen LogP contribution < -0.4 is 5.32 Å². The Balaban J connectivity index is 2.06. The van der Waals surface area contributed by atoms with Gasteiger partial charge in [-0.25, -0.2) is 14.4 Å². The molecule has 128 valence electrons. The van der Waals surface area contributed by atoms with Crippen molar-refractivity contribution in [1.82, 2.24) is 9.97 Å². The van der Waals surface area contributed by atoms with Gasteiger partial charge in [-0.15, -0.1) is 0 Å². The van der Waals surface area contributed by atoms with E-state index in [1.165, 1.54) is 19.1 Å². The summed E-state index contributed by atoms with van der Waals surface area (Å²) in [6.07, 6.45) is 0. The maximum atomic E-state index is 14.5. The molecule has 1 N–H and O–H groups in total. The van der Waals surface area contributed by atoms with Gasteiger partial charge in [-0.2, -0.15) is 0 Å². The third-order valence-corrected chi connectivity index (χ3v) is 3.95. The monoisotopic (exact) mass is 341 g/mol. The molecule has 3 rings (SSSR count). The smallest absolute Gasteiger partial charge is 0.270 e. The predicted octanol–water partition coefficient (Wildman–Crippen LogP) is 4.47. The quantitative estimate of drug-likeness (QED) is 0.559. The number of nitrogens with zero attached hydrogens (tertiary/aromatic N) is 3. The normalized spacial score (nSPS) is 12.7. The van der Waals surface area contributed by atoms with Gasteiger partial charge in [-0.05, 0) is 38.5 Å². The highest BCUT2D eigenvalue weighted by Crippen LogP contribution is 2.29. The van der Waals surface area contributed by atoms with Crippen LogP contribution in [0.5, 0.6) is 0 Å². The van der Waals surface area contributed by atoms with Gasteiger partial charge in [0.15, 0.2) is 0 Å². The minimum atomic E-state index is -0.569. The number of hydrogen-bond acceptors (Lipinski definition) is 5. The van der Waals surface area contributed by atoms with Gasteiger partial charge in [0.2, 0.25) is 0 Å². The first kappa shape index (κ1) is 15.4. The topological polar surface area (TPSA) is 81.0 Å². The summed E-state index contributed by atoms with van der Waals surface area (Å²) in [6, 6.07) is 7.15. The van der Waals surface area contributed by atoms with Crippen molar-refractivity contribution in [3.8, 4) is 0 Å². The Kier molecular flexibility index (Phi) is 3.97. The third kappa shape index (κ3) is 3.26. The molecule has 0 saturated heterocycles. The van der Waals surface area contributed by atoms with Gasteiger partial charge < -0.3 is 5.32 Å². The number of para-hydroxylation sites is 1. The molecule has 2 aromatic carbocycles. The summed E-state index contributed by atoms with van der Waals surface area (Å²) in [5.41, 5.74) is 0.895.